The standard InChI is InChI=1S/C20H32O4/c1-8-12(3)17(21)15(6)18(22)13(4)9-11(2)10-14(5)19-16(7)20(23)24-19/h9,13-17,19,21H,3,8,10H2,1-2,4-7H3/b11-9+/t13-,14+,15+,16-,17-,19-/m1/s1. The topological polar surface area (TPSA) is 63.6 Å². The summed E-state index contributed by atoms with van der Waals surface area (Å²) in [5.74, 6) is -0.626. The van der Waals surface area contributed by atoms with Crippen LogP contribution >= 0.6 is 0 Å². The normalized spacial score (nSPS) is 26.0. The first-order chi connectivity index (χ1) is 11.1. The first-order valence-electron chi connectivity index (χ1n) is 8.87. The first-order valence-corrected chi connectivity index (χ1v) is 8.87. The van der Waals surface area contributed by atoms with Crippen LogP contribution in [-0.4, -0.2) is 29.1 Å². The maximum Gasteiger partial charge on any atom is 0.312 e. The Morgan fingerprint density at radius 2 is 1.96 bits per heavy atom. The fourth-order valence-corrected chi connectivity index (χ4v) is 3.35. The van der Waals surface area contributed by atoms with Gasteiger partial charge in [0, 0.05) is 11.8 Å². The second-order valence-electron chi connectivity index (χ2n) is 7.32. The lowest BCUT2D eigenvalue weighted by Crippen LogP contribution is -2.47. The summed E-state index contributed by atoms with van der Waals surface area (Å²) in [6.45, 7) is 15.3. The van der Waals surface area contributed by atoms with Crippen molar-refractivity contribution in [2.24, 2.45) is 23.7 Å². The van der Waals surface area contributed by atoms with Gasteiger partial charge in [-0.15, -0.1) is 0 Å². The maximum absolute atomic E-state index is 12.5. The third-order valence-electron chi connectivity index (χ3n) is 5.10. The number of ketones is 1. The molecule has 1 N–H and O–H groups in total. The summed E-state index contributed by atoms with van der Waals surface area (Å²) >= 11 is 0. The number of carbonyl (C=O) groups is 2. The minimum absolute atomic E-state index is 0.0209. The maximum atomic E-state index is 12.5. The zero-order chi connectivity index (χ0) is 18.6. The van der Waals surface area contributed by atoms with Crippen LogP contribution in [0.5, 0.6) is 0 Å². The molecular weight excluding hydrogens is 304 g/mol. The fourth-order valence-electron chi connectivity index (χ4n) is 3.35. The van der Waals surface area contributed by atoms with E-state index >= 15 is 0 Å². The molecule has 1 aliphatic rings. The van der Waals surface area contributed by atoms with Crippen molar-refractivity contribution in [1.29, 1.82) is 0 Å². The van der Waals surface area contributed by atoms with Crippen LogP contribution in [0.25, 0.3) is 0 Å². The Labute approximate surface area is 146 Å². The average molecular weight is 336 g/mol. The van der Waals surface area contributed by atoms with Gasteiger partial charge in [0.15, 0.2) is 0 Å². The van der Waals surface area contributed by atoms with Crippen LogP contribution in [0, 0.1) is 23.7 Å². The summed E-state index contributed by atoms with van der Waals surface area (Å²) < 4.78 is 5.20. The zero-order valence-electron chi connectivity index (χ0n) is 15.8. The highest BCUT2D eigenvalue weighted by Gasteiger charge is 2.41. The highest BCUT2D eigenvalue weighted by Crippen LogP contribution is 2.32. The lowest BCUT2D eigenvalue weighted by Gasteiger charge is -2.37. The molecule has 0 amide bonds. The van der Waals surface area contributed by atoms with E-state index in [9.17, 15) is 14.7 Å². The van der Waals surface area contributed by atoms with E-state index in [0.29, 0.717) is 12.0 Å². The van der Waals surface area contributed by atoms with E-state index in [1.54, 1.807) is 6.92 Å². The predicted octanol–water partition coefficient (Wildman–Crippen LogP) is 3.69. The Morgan fingerprint density at radius 3 is 2.42 bits per heavy atom. The lowest BCUT2D eigenvalue weighted by atomic mass is 9.83. The van der Waals surface area contributed by atoms with Gasteiger partial charge in [0.25, 0.3) is 0 Å². The third-order valence-corrected chi connectivity index (χ3v) is 5.10. The van der Waals surface area contributed by atoms with Gasteiger partial charge in [0.05, 0.1) is 12.0 Å². The summed E-state index contributed by atoms with van der Waals surface area (Å²) in [5, 5.41) is 10.2. The van der Waals surface area contributed by atoms with Gasteiger partial charge in [-0.3, -0.25) is 9.59 Å². The van der Waals surface area contributed by atoms with Crippen LogP contribution in [-0.2, 0) is 14.3 Å². The highest BCUT2D eigenvalue weighted by atomic mass is 16.6. The van der Waals surface area contributed by atoms with E-state index in [2.05, 4.69) is 13.5 Å². The summed E-state index contributed by atoms with van der Waals surface area (Å²) in [6, 6.07) is 0. The van der Waals surface area contributed by atoms with Crippen LogP contribution in [0.3, 0.4) is 0 Å². The smallest absolute Gasteiger partial charge is 0.312 e. The number of cyclic esters (lactones) is 1. The summed E-state index contributed by atoms with van der Waals surface area (Å²) in [6.07, 6.45) is 2.60. The zero-order valence-corrected chi connectivity index (χ0v) is 15.8. The Morgan fingerprint density at radius 1 is 1.38 bits per heavy atom. The van der Waals surface area contributed by atoms with E-state index in [0.717, 1.165) is 12.0 Å². The molecule has 0 bridgehead atoms. The Hall–Kier alpha value is -1.42. The summed E-state index contributed by atoms with van der Waals surface area (Å²) in [4.78, 5) is 23.7. The summed E-state index contributed by atoms with van der Waals surface area (Å²) in [7, 11) is 0. The molecule has 0 spiro atoms. The Kier molecular flexibility index (Phi) is 7.40. The molecule has 1 saturated heterocycles. The van der Waals surface area contributed by atoms with Crippen molar-refractivity contribution < 1.29 is 19.4 Å². The lowest BCUT2D eigenvalue weighted by molar-refractivity contribution is -0.188. The van der Waals surface area contributed by atoms with Crippen LogP contribution < -0.4 is 0 Å². The molecule has 0 aromatic rings. The quantitative estimate of drug-likeness (QED) is 0.515. The van der Waals surface area contributed by atoms with Gasteiger partial charge < -0.3 is 9.84 Å². The number of hydrogen-bond acceptors (Lipinski definition) is 4. The molecule has 0 aromatic carbocycles. The molecule has 0 unspecified atom stereocenters. The van der Waals surface area contributed by atoms with Gasteiger partial charge in [-0.25, -0.2) is 0 Å². The molecule has 0 radical (unpaired) electrons. The molecule has 1 aliphatic heterocycles. The number of aliphatic hydroxyl groups is 1. The number of allylic oxidation sites excluding steroid dienone is 2. The highest BCUT2D eigenvalue weighted by molar-refractivity contribution is 5.85. The number of esters is 1. The van der Waals surface area contributed by atoms with E-state index in [1.807, 2.05) is 33.8 Å². The van der Waals surface area contributed by atoms with Crippen LogP contribution in [0.1, 0.15) is 54.4 Å². The fraction of sp³-hybridized carbons (Fsp3) is 0.700. The molecule has 1 rings (SSSR count). The molecule has 0 aliphatic carbocycles. The number of hydrogen-bond donors (Lipinski definition) is 1. The number of ether oxygens (including phenoxy) is 1. The van der Waals surface area contributed by atoms with Crippen molar-refractivity contribution in [2.45, 2.75) is 66.6 Å². The van der Waals surface area contributed by atoms with Crippen LogP contribution in [0.15, 0.2) is 23.8 Å². The Bertz CT molecular complexity index is 520. The number of carbonyl (C=O) groups excluding carboxylic acids is 2. The van der Waals surface area contributed by atoms with E-state index in [1.165, 1.54) is 0 Å². The SMILES string of the molecule is C=C(CC)[C@@H](O)[C@H](C)C(=O)[C@H](C)/C=C(\C)C[C@H](C)[C@H]1OC(=O)[C@@H]1C. The van der Waals surface area contributed by atoms with Crippen molar-refractivity contribution in [2.75, 3.05) is 0 Å². The van der Waals surface area contributed by atoms with Crippen LogP contribution in [0.4, 0.5) is 0 Å². The van der Waals surface area contributed by atoms with Crippen molar-refractivity contribution in [3.8, 4) is 0 Å². The van der Waals surface area contributed by atoms with Gasteiger partial charge in [-0.2, -0.15) is 0 Å². The number of Topliss-reactive ketones (excluding diaryl/α,β-unsaturated/α-hetero) is 1. The molecule has 6 atom stereocenters. The second kappa shape index (κ2) is 8.61. The molecule has 1 heterocycles. The van der Waals surface area contributed by atoms with E-state index in [4.69, 9.17) is 4.74 Å². The minimum Gasteiger partial charge on any atom is -0.461 e. The van der Waals surface area contributed by atoms with E-state index < -0.39 is 12.0 Å². The van der Waals surface area contributed by atoms with Gasteiger partial charge in [0.2, 0.25) is 0 Å². The Balaban J connectivity index is 2.61. The van der Waals surface area contributed by atoms with E-state index in [-0.39, 0.29) is 35.6 Å². The first kappa shape index (κ1) is 20.6. The molecule has 4 nitrogen and oxygen atoms in total. The number of aliphatic hydroxyl groups excluding tert-OH is 1. The minimum atomic E-state index is -0.784. The predicted molar refractivity (Wildman–Crippen MR) is 95.4 cm³/mol. The van der Waals surface area contributed by atoms with Crippen LogP contribution in [0.2, 0.25) is 0 Å². The molecule has 136 valence electrons. The average Bonchev–Trinajstić information content (AvgIpc) is 2.55. The summed E-state index contributed by atoms with van der Waals surface area (Å²) in [5.41, 5.74) is 1.80. The van der Waals surface area contributed by atoms with Gasteiger partial charge in [-0.05, 0) is 38.2 Å². The van der Waals surface area contributed by atoms with Crippen molar-refractivity contribution in [1.82, 2.24) is 0 Å². The molecular formula is C20H32O4. The van der Waals surface area contributed by atoms with Crippen molar-refractivity contribution >= 4 is 11.8 Å². The second-order valence-corrected chi connectivity index (χ2v) is 7.32. The largest absolute Gasteiger partial charge is 0.461 e. The third kappa shape index (κ3) is 4.79. The molecule has 1 fully saturated rings. The van der Waals surface area contributed by atoms with Crippen molar-refractivity contribution in [3.05, 3.63) is 23.8 Å². The van der Waals surface area contributed by atoms with Gasteiger partial charge >= 0.3 is 5.97 Å². The van der Waals surface area contributed by atoms with Crippen molar-refractivity contribution in [3.63, 3.8) is 0 Å². The van der Waals surface area contributed by atoms with Gasteiger partial charge in [-0.1, -0.05) is 45.9 Å². The molecule has 4 heteroatoms. The molecule has 0 aromatic heterocycles. The molecule has 0 saturated carbocycles. The number of rotatable bonds is 9. The van der Waals surface area contributed by atoms with Gasteiger partial charge in [0.1, 0.15) is 11.9 Å². The monoisotopic (exact) mass is 336 g/mol. The molecule has 24 heavy (non-hydrogen) atoms.